The van der Waals surface area contributed by atoms with Crippen LogP contribution in [0.25, 0.3) is 11.0 Å². The molecule has 6 heteroatoms. The summed E-state index contributed by atoms with van der Waals surface area (Å²) in [6.07, 6.45) is 1.80. The Balaban J connectivity index is 2.11. The molecule has 0 aliphatic rings. The van der Waals surface area contributed by atoms with Crippen molar-refractivity contribution in [3.05, 3.63) is 36.1 Å². The van der Waals surface area contributed by atoms with Crippen molar-refractivity contribution < 1.29 is 12.8 Å². The van der Waals surface area contributed by atoms with Crippen LogP contribution in [0.2, 0.25) is 0 Å². The van der Waals surface area contributed by atoms with Crippen molar-refractivity contribution in [2.24, 2.45) is 0 Å². The first-order valence-electron chi connectivity index (χ1n) is 7.16. The first-order chi connectivity index (χ1) is 9.94. The van der Waals surface area contributed by atoms with Gasteiger partial charge >= 0.3 is 0 Å². The highest BCUT2D eigenvalue weighted by molar-refractivity contribution is 7.87. The molecule has 21 heavy (non-hydrogen) atoms. The van der Waals surface area contributed by atoms with E-state index in [0.717, 1.165) is 23.8 Å². The molecule has 1 atom stereocenters. The minimum Gasteiger partial charge on any atom is -0.459 e. The van der Waals surface area contributed by atoms with Gasteiger partial charge in [0.05, 0.1) is 6.04 Å². The van der Waals surface area contributed by atoms with Crippen LogP contribution in [0.15, 0.2) is 34.7 Å². The molecule has 0 amide bonds. The van der Waals surface area contributed by atoms with E-state index in [-0.39, 0.29) is 0 Å². The molecule has 0 spiro atoms. The predicted molar refractivity (Wildman–Crippen MR) is 84.2 cm³/mol. The molecule has 1 N–H and O–H groups in total. The van der Waals surface area contributed by atoms with Crippen molar-refractivity contribution in [2.45, 2.75) is 32.7 Å². The lowest BCUT2D eigenvalue weighted by molar-refractivity contribution is 0.428. The standard InChI is InChI=1S/C15H22N2O3S/c1-4-5-10-17(3)21(18,19)16-12(2)15-11-13-8-6-7-9-14(13)20-15/h6-9,11-12,16H,4-5,10H2,1-3H3/t12-/m1/s1. The molecule has 0 saturated heterocycles. The van der Waals surface area contributed by atoms with Gasteiger partial charge < -0.3 is 4.42 Å². The highest BCUT2D eigenvalue weighted by atomic mass is 32.2. The molecular weight excluding hydrogens is 288 g/mol. The second-order valence-electron chi connectivity index (χ2n) is 5.21. The van der Waals surface area contributed by atoms with E-state index < -0.39 is 16.3 Å². The van der Waals surface area contributed by atoms with Gasteiger partial charge in [0.1, 0.15) is 11.3 Å². The SMILES string of the molecule is CCCCN(C)S(=O)(=O)N[C@H](C)c1cc2ccccc2o1. The average Bonchev–Trinajstić information content (AvgIpc) is 2.88. The Morgan fingerprint density at radius 3 is 2.71 bits per heavy atom. The topological polar surface area (TPSA) is 62.6 Å². The van der Waals surface area contributed by atoms with Crippen LogP contribution in [-0.2, 0) is 10.2 Å². The molecule has 0 saturated carbocycles. The Morgan fingerprint density at radius 2 is 2.05 bits per heavy atom. The maximum absolute atomic E-state index is 12.2. The second kappa shape index (κ2) is 6.60. The third kappa shape index (κ3) is 3.84. The fourth-order valence-corrected chi connectivity index (χ4v) is 3.20. The summed E-state index contributed by atoms with van der Waals surface area (Å²) < 4.78 is 34.1. The molecule has 0 aliphatic heterocycles. The average molecular weight is 310 g/mol. The molecule has 1 heterocycles. The van der Waals surface area contributed by atoms with Crippen LogP contribution in [0.5, 0.6) is 0 Å². The van der Waals surface area contributed by atoms with E-state index >= 15 is 0 Å². The van der Waals surface area contributed by atoms with Crippen LogP contribution < -0.4 is 4.72 Å². The van der Waals surface area contributed by atoms with Gasteiger partial charge in [0.25, 0.3) is 10.2 Å². The largest absolute Gasteiger partial charge is 0.459 e. The van der Waals surface area contributed by atoms with Crippen molar-refractivity contribution in [3.8, 4) is 0 Å². The third-order valence-corrected chi connectivity index (χ3v) is 5.09. The second-order valence-corrected chi connectivity index (χ2v) is 7.02. The molecule has 116 valence electrons. The minimum atomic E-state index is -3.49. The number of hydrogen-bond donors (Lipinski definition) is 1. The van der Waals surface area contributed by atoms with Gasteiger partial charge in [-0.05, 0) is 25.5 Å². The Bertz CT molecular complexity index is 661. The van der Waals surface area contributed by atoms with Crippen LogP contribution in [-0.4, -0.2) is 26.3 Å². The zero-order valence-corrected chi connectivity index (χ0v) is 13.5. The number of fused-ring (bicyclic) bond motifs is 1. The number of nitrogens with one attached hydrogen (secondary N) is 1. The maximum Gasteiger partial charge on any atom is 0.279 e. The highest BCUT2D eigenvalue weighted by Crippen LogP contribution is 2.24. The van der Waals surface area contributed by atoms with Gasteiger partial charge in [-0.15, -0.1) is 0 Å². The third-order valence-electron chi connectivity index (χ3n) is 3.43. The van der Waals surface area contributed by atoms with E-state index in [2.05, 4.69) is 4.72 Å². The monoisotopic (exact) mass is 310 g/mol. The first kappa shape index (κ1) is 16.0. The van der Waals surface area contributed by atoms with E-state index in [1.165, 1.54) is 4.31 Å². The predicted octanol–water partition coefficient (Wildman–Crippen LogP) is 3.06. The Labute approximate surface area is 126 Å². The first-order valence-corrected chi connectivity index (χ1v) is 8.60. The van der Waals surface area contributed by atoms with Crippen molar-refractivity contribution in [1.82, 2.24) is 9.03 Å². The van der Waals surface area contributed by atoms with E-state index in [1.807, 2.05) is 37.3 Å². The molecule has 0 fully saturated rings. The molecule has 0 unspecified atom stereocenters. The molecule has 1 aromatic heterocycles. The van der Waals surface area contributed by atoms with Gasteiger partial charge in [-0.1, -0.05) is 31.5 Å². The fraction of sp³-hybridized carbons (Fsp3) is 0.467. The van der Waals surface area contributed by atoms with Crippen molar-refractivity contribution in [3.63, 3.8) is 0 Å². The maximum atomic E-state index is 12.2. The summed E-state index contributed by atoms with van der Waals surface area (Å²) in [5, 5.41) is 0.970. The summed E-state index contributed by atoms with van der Waals surface area (Å²) in [5.41, 5.74) is 0.762. The molecule has 0 bridgehead atoms. The lowest BCUT2D eigenvalue weighted by Crippen LogP contribution is -2.39. The number of rotatable bonds is 7. The van der Waals surface area contributed by atoms with Gasteiger partial charge in [0.2, 0.25) is 0 Å². The number of nitrogens with zero attached hydrogens (tertiary/aromatic N) is 1. The zero-order chi connectivity index (χ0) is 15.5. The van der Waals surface area contributed by atoms with Gasteiger partial charge in [-0.3, -0.25) is 0 Å². The van der Waals surface area contributed by atoms with Crippen LogP contribution in [0.4, 0.5) is 0 Å². The number of unbranched alkanes of at least 4 members (excludes halogenated alkanes) is 1. The normalized spacial score (nSPS) is 13.9. The Hall–Kier alpha value is -1.37. The van der Waals surface area contributed by atoms with Gasteiger partial charge in [-0.25, -0.2) is 0 Å². The zero-order valence-electron chi connectivity index (χ0n) is 12.7. The summed E-state index contributed by atoms with van der Waals surface area (Å²) in [4.78, 5) is 0. The highest BCUT2D eigenvalue weighted by Gasteiger charge is 2.22. The molecule has 2 aromatic rings. The quantitative estimate of drug-likeness (QED) is 0.855. The lowest BCUT2D eigenvalue weighted by atomic mass is 10.2. The number of hydrogen-bond acceptors (Lipinski definition) is 3. The van der Waals surface area contributed by atoms with Crippen molar-refractivity contribution in [2.75, 3.05) is 13.6 Å². The summed E-state index contributed by atoms with van der Waals surface area (Å²) in [7, 11) is -1.91. The summed E-state index contributed by atoms with van der Waals surface area (Å²) in [6, 6.07) is 9.09. The van der Waals surface area contributed by atoms with E-state index in [1.54, 1.807) is 14.0 Å². The van der Waals surface area contributed by atoms with E-state index in [0.29, 0.717) is 12.3 Å². The Morgan fingerprint density at radius 1 is 1.33 bits per heavy atom. The van der Waals surface area contributed by atoms with Crippen molar-refractivity contribution in [1.29, 1.82) is 0 Å². The fourth-order valence-electron chi connectivity index (χ4n) is 2.09. The van der Waals surface area contributed by atoms with E-state index in [4.69, 9.17) is 4.42 Å². The molecule has 2 rings (SSSR count). The number of para-hydroxylation sites is 1. The molecule has 0 aliphatic carbocycles. The molecule has 0 radical (unpaired) electrons. The Kier molecular flexibility index (Phi) is 5.03. The smallest absolute Gasteiger partial charge is 0.279 e. The van der Waals surface area contributed by atoms with Gasteiger partial charge in [-0.2, -0.15) is 17.4 Å². The van der Waals surface area contributed by atoms with Crippen molar-refractivity contribution >= 4 is 21.2 Å². The van der Waals surface area contributed by atoms with Crippen LogP contribution >= 0.6 is 0 Å². The summed E-state index contributed by atoms with van der Waals surface area (Å²) in [5.74, 6) is 0.615. The van der Waals surface area contributed by atoms with Crippen LogP contribution in [0.1, 0.15) is 38.5 Å². The van der Waals surface area contributed by atoms with Crippen LogP contribution in [0.3, 0.4) is 0 Å². The molecular formula is C15H22N2O3S. The summed E-state index contributed by atoms with van der Waals surface area (Å²) >= 11 is 0. The lowest BCUT2D eigenvalue weighted by Gasteiger charge is -2.19. The van der Waals surface area contributed by atoms with Crippen LogP contribution in [0, 0.1) is 0 Å². The minimum absolute atomic E-state index is 0.411. The summed E-state index contributed by atoms with van der Waals surface area (Å²) in [6.45, 7) is 4.33. The molecule has 1 aromatic carbocycles. The van der Waals surface area contributed by atoms with Gasteiger partial charge in [0, 0.05) is 19.0 Å². The van der Waals surface area contributed by atoms with E-state index in [9.17, 15) is 8.42 Å². The number of furan rings is 1. The van der Waals surface area contributed by atoms with Gasteiger partial charge in [0.15, 0.2) is 0 Å². The number of benzene rings is 1. The molecule has 5 nitrogen and oxygen atoms in total.